The fraction of sp³-hybridized carbons (Fsp3) is 0.308. The molecule has 0 aliphatic heterocycles. The van der Waals surface area contributed by atoms with Gasteiger partial charge in [-0.25, -0.2) is 4.68 Å². The number of unbranched alkanes of at least 4 members (excludes halogenated alkanes) is 1. The minimum Gasteiger partial charge on any atom is -0.481 e. The van der Waals surface area contributed by atoms with E-state index >= 15 is 0 Å². The van der Waals surface area contributed by atoms with Crippen molar-refractivity contribution in [1.82, 2.24) is 20.2 Å². The highest BCUT2D eigenvalue weighted by Crippen LogP contribution is 2.14. The molecule has 8 nitrogen and oxygen atoms in total. The number of hydrogen-bond acceptors (Lipinski definition) is 5. The van der Waals surface area contributed by atoms with Crippen LogP contribution >= 0.6 is 0 Å². The van der Waals surface area contributed by atoms with Crippen molar-refractivity contribution in [2.24, 2.45) is 0 Å². The number of carbonyl (C=O) groups excluding carboxylic acids is 1. The summed E-state index contributed by atoms with van der Waals surface area (Å²) in [7, 11) is 0. The third-order valence-corrected chi connectivity index (χ3v) is 2.79. The standard InChI is InChI=1S/C13H15N5O3/c19-12(6-1-2-7-13(20)21)15-10-4-3-5-11(8-10)18-9-14-16-17-18/h3-5,8-9H,1-2,6-7H2,(H,15,19)(H,20,21). The molecule has 0 bridgehead atoms. The van der Waals surface area contributed by atoms with Gasteiger partial charge in [0, 0.05) is 18.5 Å². The topological polar surface area (TPSA) is 110 Å². The molecule has 0 saturated heterocycles. The second kappa shape index (κ2) is 7.13. The molecule has 2 rings (SSSR count). The Morgan fingerprint density at radius 3 is 2.76 bits per heavy atom. The number of hydrogen-bond donors (Lipinski definition) is 2. The van der Waals surface area contributed by atoms with Crippen molar-refractivity contribution in [3.05, 3.63) is 30.6 Å². The zero-order valence-corrected chi connectivity index (χ0v) is 11.3. The Kier molecular flexibility index (Phi) is 4.97. The maximum absolute atomic E-state index is 11.7. The zero-order chi connectivity index (χ0) is 15.1. The lowest BCUT2D eigenvalue weighted by molar-refractivity contribution is -0.137. The van der Waals surface area contributed by atoms with E-state index in [9.17, 15) is 9.59 Å². The number of carboxylic acids is 1. The summed E-state index contributed by atoms with van der Waals surface area (Å²) < 4.78 is 1.49. The lowest BCUT2D eigenvalue weighted by Gasteiger charge is -2.06. The van der Waals surface area contributed by atoms with E-state index in [0.29, 0.717) is 24.9 Å². The van der Waals surface area contributed by atoms with Gasteiger partial charge in [0.05, 0.1) is 5.69 Å². The fourth-order valence-corrected chi connectivity index (χ4v) is 1.79. The first kappa shape index (κ1) is 14.6. The molecule has 110 valence electrons. The van der Waals surface area contributed by atoms with Crippen LogP contribution in [0.25, 0.3) is 5.69 Å². The van der Waals surface area contributed by atoms with Gasteiger partial charge in [0.1, 0.15) is 6.33 Å². The molecule has 21 heavy (non-hydrogen) atoms. The van der Waals surface area contributed by atoms with E-state index in [1.807, 2.05) is 6.07 Å². The van der Waals surface area contributed by atoms with Crippen LogP contribution in [-0.4, -0.2) is 37.2 Å². The Labute approximate surface area is 120 Å². The van der Waals surface area contributed by atoms with Crippen LogP contribution in [0, 0.1) is 0 Å². The van der Waals surface area contributed by atoms with E-state index < -0.39 is 5.97 Å². The zero-order valence-electron chi connectivity index (χ0n) is 11.3. The monoisotopic (exact) mass is 289 g/mol. The van der Waals surface area contributed by atoms with Crippen LogP contribution in [0.4, 0.5) is 5.69 Å². The first-order valence-electron chi connectivity index (χ1n) is 6.50. The number of carboxylic acid groups (broad SMARTS) is 1. The number of aliphatic carboxylic acids is 1. The summed E-state index contributed by atoms with van der Waals surface area (Å²) >= 11 is 0. The number of nitrogens with zero attached hydrogens (tertiary/aromatic N) is 4. The van der Waals surface area contributed by atoms with Gasteiger partial charge < -0.3 is 10.4 Å². The van der Waals surface area contributed by atoms with Crippen molar-refractivity contribution < 1.29 is 14.7 Å². The van der Waals surface area contributed by atoms with Gasteiger partial charge in [-0.3, -0.25) is 9.59 Å². The number of rotatable bonds is 7. The molecule has 1 aromatic carbocycles. The highest BCUT2D eigenvalue weighted by Gasteiger charge is 2.05. The van der Waals surface area contributed by atoms with Gasteiger partial charge in [-0.05, 0) is 41.5 Å². The molecule has 0 fully saturated rings. The normalized spacial score (nSPS) is 10.3. The molecule has 0 unspecified atom stereocenters. The Balaban J connectivity index is 1.86. The van der Waals surface area contributed by atoms with E-state index in [0.717, 1.165) is 5.69 Å². The summed E-state index contributed by atoms with van der Waals surface area (Å²) in [5.74, 6) is -0.987. The molecule has 1 aromatic heterocycles. The summed E-state index contributed by atoms with van der Waals surface area (Å²) in [5.41, 5.74) is 1.38. The number of benzene rings is 1. The van der Waals surface area contributed by atoms with Gasteiger partial charge in [-0.15, -0.1) is 5.10 Å². The Morgan fingerprint density at radius 2 is 2.05 bits per heavy atom. The largest absolute Gasteiger partial charge is 0.481 e. The van der Waals surface area contributed by atoms with Gasteiger partial charge >= 0.3 is 5.97 Å². The van der Waals surface area contributed by atoms with Crippen LogP contribution in [0.15, 0.2) is 30.6 Å². The molecule has 0 radical (unpaired) electrons. The van der Waals surface area contributed by atoms with E-state index in [1.165, 1.54) is 11.0 Å². The molecular weight excluding hydrogens is 274 g/mol. The highest BCUT2D eigenvalue weighted by molar-refractivity contribution is 5.90. The van der Waals surface area contributed by atoms with Crippen molar-refractivity contribution in [2.45, 2.75) is 25.7 Å². The Bertz CT molecular complexity index is 612. The lowest BCUT2D eigenvalue weighted by Crippen LogP contribution is -2.11. The first-order valence-corrected chi connectivity index (χ1v) is 6.50. The predicted molar refractivity (Wildman–Crippen MR) is 73.9 cm³/mol. The van der Waals surface area contributed by atoms with Crippen molar-refractivity contribution in [2.75, 3.05) is 5.32 Å². The molecule has 0 atom stereocenters. The SMILES string of the molecule is O=C(O)CCCCC(=O)Nc1cccc(-n2cnnn2)c1. The second-order valence-corrected chi connectivity index (χ2v) is 4.45. The maximum atomic E-state index is 11.7. The van der Waals surface area contributed by atoms with Gasteiger partial charge in [0.25, 0.3) is 0 Å². The minimum atomic E-state index is -0.843. The van der Waals surface area contributed by atoms with E-state index in [1.54, 1.807) is 18.2 Å². The fourth-order valence-electron chi connectivity index (χ4n) is 1.79. The van der Waals surface area contributed by atoms with Crippen LogP contribution in [0.3, 0.4) is 0 Å². The lowest BCUT2D eigenvalue weighted by atomic mass is 10.2. The molecule has 1 amide bonds. The highest BCUT2D eigenvalue weighted by atomic mass is 16.4. The van der Waals surface area contributed by atoms with Gasteiger partial charge in [0.15, 0.2) is 0 Å². The third kappa shape index (κ3) is 4.68. The number of amides is 1. The molecule has 0 saturated carbocycles. The van der Waals surface area contributed by atoms with Crippen LogP contribution in [0.1, 0.15) is 25.7 Å². The van der Waals surface area contributed by atoms with Gasteiger partial charge in [0.2, 0.25) is 5.91 Å². The quantitative estimate of drug-likeness (QED) is 0.742. The third-order valence-electron chi connectivity index (χ3n) is 2.79. The molecule has 8 heteroatoms. The molecule has 2 aromatic rings. The average Bonchev–Trinajstić information content (AvgIpc) is 2.98. The smallest absolute Gasteiger partial charge is 0.303 e. The van der Waals surface area contributed by atoms with Crippen LogP contribution < -0.4 is 5.32 Å². The Morgan fingerprint density at radius 1 is 1.24 bits per heavy atom. The van der Waals surface area contributed by atoms with Crippen LogP contribution in [0.2, 0.25) is 0 Å². The molecule has 2 N–H and O–H groups in total. The van der Waals surface area contributed by atoms with E-state index in [4.69, 9.17) is 5.11 Å². The predicted octanol–water partition coefficient (Wildman–Crippen LogP) is 1.25. The van der Waals surface area contributed by atoms with Crippen molar-refractivity contribution in [3.63, 3.8) is 0 Å². The van der Waals surface area contributed by atoms with Gasteiger partial charge in [-0.2, -0.15) is 0 Å². The first-order chi connectivity index (χ1) is 10.1. The van der Waals surface area contributed by atoms with Crippen molar-refractivity contribution >= 4 is 17.6 Å². The Hall–Kier alpha value is -2.77. The molecule has 1 heterocycles. The van der Waals surface area contributed by atoms with Crippen LogP contribution in [-0.2, 0) is 9.59 Å². The van der Waals surface area contributed by atoms with E-state index in [-0.39, 0.29) is 12.3 Å². The minimum absolute atomic E-state index is 0.0854. The van der Waals surface area contributed by atoms with Crippen molar-refractivity contribution in [1.29, 1.82) is 0 Å². The number of anilines is 1. The summed E-state index contributed by atoms with van der Waals surface area (Å²) in [5, 5.41) is 22.2. The molecule has 0 aliphatic carbocycles. The number of tetrazole rings is 1. The summed E-state index contributed by atoms with van der Waals surface area (Å²) in [6.07, 6.45) is 2.88. The summed E-state index contributed by atoms with van der Waals surface area (Å²) in [6, 6.07) is 7.13. The molecule has 0 spiro atoms. The van der Waals surface area contributed by atoms with Gasteiger partial charge in [-0.1, -0.05) is 6.07 Å². The van der Waals surface area contributed by atoms with Crippen molar-refractivity contribution in [3.8, 4) is 5.69 Å². The maximum Gasteiger partial charge on any atom is 0.303 e. The van der Waals surface area contributed by atoms with E-state index in [2.05, 4.69) is 20.8 Å². The second-order valence-electron chi connectivity index (χ2n) is 4.45. The molecule has 0 aliphatic rings. The van der Waals surface area contributed by atoms with Crippen LogP contribution in [0.5, 0.6) is 0 Å². The average molecular weight is 289 g/mol. The number of carbonyl (C=O) groups is 2. The number of nitrogens with one attached hydrogen (secondary N) is 1. The summed E-state index contributed by atoms with van der Waals surface area (Å²) in [4.78, 5) is 22.1. The summed E-state index contributed by atoms with van der Waals surface area (Å²) in [6.45, 7) is 0. The number of aromatic nitrogens is 4. The molecular formula is C13H15N5O3.